The molecule has 0 bridgehead atoms. The molecule has 0 heterocycles. The summed E-state index contributed by atoms with van der Waals surface area (Å²) in [6.07, 6.45) is 11.7. The highest BCUT2D eigenvalue weighted by Crippen LogP contribution is 2.45. The van der Waals surface area contributed by atoms with Crippen molar-refractivity contribution in [1.82, 2.24) is 0 Å². The van der Waals surface area contributed by atoms with Crippen molar-refractivity contribution in [1.29, 1.82) is 0 Å². The van der Waals surface area contributed by atoms with E-state index >= 15 is 0 Å². The van der Waals surface area contributed by atoms with E-state index in [1.165, 1.54) is 32.1 Å². The number of halogens is 3. The van der Waals surface area contributed by atoms with Crippen LogP contribution in [0.5, 0.6) is 0 Å². The van der Waals surface area contributed by atoms with E-state index in [1.807, 2.05) is 12.2 Å². The third kappa shape index (κ3) is 5.17. The van der Waals surface area contributed by atoms with E-state index in [0.717, 1.165) is 25.2 Å². The van der Waals surface area contributed by atoms with Crippen LogP contribution in [0.1, 0.15) is 64.2 Å². The average molecular weight is 314 g/mol. The van der Waals surface area contributed by atoms with Crippen LogP contribution in [-0.2, 0) is 0 Å². The second kappa shape index (κ2) is 8.21. The lowest BCUT2D eigenvalue weighted by molar-refractivity contribution is -0.185. The maximum atomic E-state index is 12.7. The van der Waals surface area contributed by atoms with Gasteiger partial charge in [-0.2, -0.15) is 13.2 Å². The summed E-state index contributed by atoms with van der Waals surface area (Å²) in [5, 5.41) is 0. The van der Waals surface area contributed by atoms with Crippen molar-refractivity contribution in [2.45, 2.75) is 70.4 Å². The molecule has 0 nitrogen and oxygen atoms in total. The average Bonchev–Trinajstić information content (AvgIpc) is 2.51. The van der Waals surface area contributed by atoms with E-state index in [9.17, 15) is 13.2 Å². The summed E-state index contributed by atoms with van der Waals surface area (Å²) in [7, 11) is 0. The van der Waals surface area contributed by atoms with Crippen molar-refractivity contribution < 1.29 is 13.2 Å². The molecule has 0 aromatic carbocycles. The fourth-order valence-corrected chi connectivity index (χ4v) is 4.39. The van der Waals surface area contributed by atoms with E-state index < -0.39 is 12.1 Å². The largest absolute Gasteiger partial charge is 0.391 e. The Hall–Kier alpha value is -0.730. The molecule has 0 saturated heterocycles. The third-order valence-electron chi connectivity index (χ3n) is 5.81. The first-order valence-electron chi connectivity index (χ1n) is 8.85. The van der Waals surface area contributed by atoms with Crippen LogP contribution < -0.4 is 0 Å². The lowest BCUT2D eigenvalue weighted by atomic mass is 9.68. The van der Waals surface area contributed by atoms with E-state index in [2.05, 4.69) is 12.7 Å². The predicted octanol–water partition coefficient (Wildman–Crippen LogP) is 6.68. The molecule has 2 aliphatic rings. The summed E-state index contributed by atoms with van der Waals surface area (Å²) in [6.45, 7) is 3.67. The van der Waals surface area contributed by atoms with Gasteiger partial charge in [0.25, 0.3) is 0 Å². The molecule has 0 amide bonds. The molecule has 22 heavy (non-hydrogen) atoms. The van der Waals surface area contributed by atoms with Crippen molar-refractivity contribution in [2.75, 3.05) is 0 Å². The van der Waals surface area contributed by atoms with Crippen LogP contribution in [0.4, 0.5) is 13.2 Å². The maximum Gasteiger partial charge on any atom is 0.391 e. The molecule has 3 heteroatoms. The SMILES string of the molecule is C=CC=CCCC1CCC(C2CCC(C(F)(F)F)CC2)CC1. The van der Waals surface area contributed by atoms with Gasteiger partial charge in [0.2, 0.25) is 0 Å². The van der Waals surface area contributed by atoms with E-state index in [4.69, 9.17) is 0 Å². The van der Waals surface area contributed by atoms with Gasteiger partial charge < -0.3 is 0 Å². The molecule has 2 rings (SSSR count). The second-order valence-corrected chi connectivity index (χ2v) is 7.18. The molecule has 0 spiro atoms. The van der Waals surface area contributed by atoms with E-state index in [-0.39, 0.29) is 0 Å². The minimum atomic E-state index is -3.97. The molecule has 2 aliphatic carbocycles. The molecule has 0 atom stereocenters. The molecule has 2 saturated carbocycles. The molecule has 0 unspecified atom stereocenters. The van der Waals surface area contributed by atoms with Gasteiger partial charge in [-0.15, -0.1) is 0 Å². The van der Waals surface area contributed by atoms with Gasteiger partial charge in [0.1, 0.15) is 0 Å². The van der Waals surface area contributed by atoms with Gasteiger partial charge in [-0.05, 0) is 69.1 Å². The van der Waals surface area contributed by atoms with E-state index in [1.54, 1.807) is 0 Å². The number of hydrogen-bond acceptors (Lipinski definition) is 0. The molecular formula is C19H29F3. The van der Waals surface area contributed by atoms with Gasteiger partial charge in [-0.25, -0.2) is 0 Å². The quantitative estimate of drug-likeness (QED) is 0.496. The summed E-state index contributed by atoms with van der Waals surface area (Å²) in [6, 6.07) is 0. The Morgan fingerprint density at radius 3 is 1.91 bits per heavy atom. The summed E-state index contributed by atoms with van der Waals surface area (Å²) in [5.74, 6) is 1.03. The highest BCUT2D eigenvalue weighted by molar-refractivity contribution is 4.97. The zero-order chi connectivity index (χ0) is 16.0. The van der Waals surface area contributed by atoms with Gasteiger partial charge in [-0.1, -0.05) is 37.6 Å². The highest BCUT2D eigenvalue weighted by Gasteiger charge is 2.42. The Balaban J connectivity index is 1.67. The fourth-order valence-electron chi connectivity index (χ4n) is 4.39. The molecule has 0 aromatic heterocycles. The molecular weight excluding hydrogens is 285 g/mol. The monoisotopic (exact) mass is 314 g/mol. The molecule has 0 N–H and O–H groups in total. The first kappa shape index (κ1) is 17.6. The van der Waals surface area contributed by atoms with Gasteiger partial charge in [0.15, 0.2) is 0 Å². The van der Waals surface area contributed by atoms with Crippen LogP contribution in [0.2, 0.25) is 0 Å². The van der Waals surface area contributed by atoms with Gasteiger partial charge in [0.05, 0.1) is 5.92 Å². The molecule has 0 aromatic rings. The van der Waals surface area contributed by atoms with Crippen molar-refractivity contribution in [3.63, 3.8) is 0 Å². The first-order valence-corrected chi connectivity index (χ1v) is 8.85. The maximum absolute atomic E-state index is 12.7. The zero-order valence-corrected chi connectivity index (χ0v) is 13.5. The summed E-state index contributed by atoms with van der Waals surface area (Å²) in [5.41, 5.74) is 0. The van der Waals surface area contributed by atoms with Crippen molar-refractivity contribution in [2.24, 2.45) is 23.7 Å². The Bertz CT molecular complexity index is 353. The van der Waals surface area contributed by atoms with Gasteiger partial charge in [0, 0.05) is 0 Å². The van der Waals surface area contributed by atoms with Crippen LogP contribution in [0.25, 0.3) is 0 Å². The van der Waals surface area contributed by atoms with Gasteiger partial charge >= 0.3 is 6.18 Å². The Morgan fingerprint density at radius 2 is 1.41 bits per heavy atom. The molecule has 0 aliphatic heterocycles. The standard InChI is InChI=1S/C19H29F3/c1-2-3-4-5-6-15-7-9-16(10-8-15)17-11-13-18(14-12-17)19(20,21)22/h2-4,15-18H,1,5-14H2. The van der Waals surface area contributed by atoms with Crippen LogP contribution in [-0.4, -0.2) is 6.18 Å². The minimum Gasteiger partial charge on any atom is -0.171 e. The normalized spacial score (nSPS) is 34.0. The minimum absolute atomic E-state index is 0.362. The second-order valence-electron chi connectivity index (χ2n) is 7.18. The van der Waals surface area contributed by atoms with Crippen LogP contribution >= 0.6 is 0 Å². The van der Waals surface area contributed by atoms with Crippen molar-refractivity contribution >= 4 is 0 Å². The number of hydrogen-bond donors (Lipinski definition) is 0. The summed E-state index contributed by atoms with van der Waals surface area (Å²) < 4.78 is 38.2. The van der Waals surface area contributed by atoms with Gasteiger partial charge in [-0.3, -0.25) is 0 Å². The topological polar surface area (TPSA) is 0 Å². The summed E-state index contributed by atoms with van der Waals surface area (Å²) >= 11 is 0. The number of rotatable bonds is 5. The smallest absolute Gasteiger partial charge is 0.171 e. The molecule has 2 fully saturated rings. The molecule has 0 radical (unpaired) electrons. The van der Waals surface area contributed by atoms with Crippen LogP contribution in [0, 0.1) is 23.7 Å². The number of alkyl halides is 3. The van der Waals surface area contributed by atoms with Crippen LogP contribution in [0.3, 0.4) is 0 Å². The third-order valence-corrected chi connectivity index (χ3v) is 5.81. The first-order chi connectivity index (χ1) is 10.5. The number of allylic oxidation sites excluding steroid dienone is 3. The fraction of sp³-hybridized carbons (Fsp3) is 0.789. The predicted molar refractivity (Wildman–Crippen MR) is 85.5 cm³/mol. The molecule has 126 valence electrons. The Labute approximate surface area is 132 Å². The van der Waals surface area contributed by atoms with Crippen LogP contribution in [0.15, 0.2) is 24.8 Å². The Morgan fingerprint density at radius 1 is 0.864 bits per heavy atom. The Kier molecular flexibility index (Phi) is 6.58. The van der Waals surface area contributed by atoms with Crippen molar-refractivity contribution in [3.05, 3.63) is 24.8 Å². The highest BCUT2D eigenvalue weighted by atomic mass is 19.4. The lowest BCUT2D eigenvalue weighted by Crippen LogP contribution is -2.31. The zero-order valence-electron chi connectivity index (χ0n) is 13.5. The van der Waals surface area contributed by atoms with E-state index in [0.29, 0.717) is 24.7 Å². The lowest BCUT2D eigenvalue weighted by Gasteiger charge is -2.38. The van der Waals surface area contributed by atoms with Crippen molar-refractivity contribution in [3.8, 4) is 0 Å². The summed E-state index contributed by atoms with van der Waals surface area (Å²) in [4.78, 5) is 0.